The summed E-state index contributed by atoms with van der Waals surface area (Å²) in [5, 5.41) is 0. The van der Waals surface area contributed by atoms with Crippen LogP contribution in [0.25, 0.3) is 0 Å². The van der Waals surface area contributed by atoms with Gasteiger partial charge in [0.2, 0.25) is 0 Å². The third kappa shape index (κ3) is 6.53. The molecule has 0 fully saturated rings. The van der Waals surface area contributed by atoms with Crippen molar-refractivity contribution in [3.63, 3.8) is 0 Å². The Bertz CT molecular complexity index is 41.9. The Hall–Kier alpha value is 0.527. The highest BCUT2D eigenvalue weighted by atomic mass is 31.1. The Balaban J connectivity index is 2.68. The van der Waals surface area contributed by atoms with Gasteiger partial charge in [0.25, 0.3) is 0 Å². The first-order valence-corrected chi connectivity index (χ1v) is 4.81. The molecule has 7 heavy (non-hydrogen) atoms. The molecule has 0 rings (SSSR count). The molecular weight excluding hydrogens is 125 g/mol. The van der Waals surface area contributed by atoms with Crippen molar-refractivity contribution < 1.29 is 0 Å². The molecule has 3 nitrogen and oxygen atoms in total. The van der Waals surface area contributed by atoms with Crippen molar-refractivity contribution in [2.75, 3.05) is 12.8 Å². The molecular formula is C2H10N3PSi. The Morgan fingerprint density at radius 2 is 2.29 bits per heavy atom. The fraction of sp³-hybridized carbons (Fsp3) is 1.00. The van der Waals surface area contributed by atoms with E-state index in [4.69, 9.17) is 11.0 Å². The van der Waals surface area contributed by atoms with Gasteiger partial charge in [-0.15, -0.1) is 0 Å². The van der Waals surface area contributed by atoms with E-state index in [9.17, 15) is 0 Å². The molecule has 0 aromatic heterocycles. The SMILES string of the molecule is CN[Si]CP(N)N. The zero-order chi connectivity index (χ0) is 5.70. The molecule has 0 spiro atoms. The van der Waals surface area contributed by atoms with Crippen LogP contribution in [-0.2, 0) is 0 Å². The topological polar surface area (TPSA) is 64.1 Å². The molecule has 5 heteroatoms. The van der Waals surface area contributed by atoms with E-state index in [1.54, 1.807) is 0 Å². The minimum absolute atomic E-state index is 0.657. The lowest BCUT2D eigenvalue weighted by molar-refractivity contribution is 1.24. The molecule has 5 N–H and O–H groups in total. The van der Waals surface area contributed by atoms with E-state index in [1.165, 1.54) is 0 Å². The van der Waals surface area contributed by atoms with Crippen LogP contribution in [0.4, 0.5) is 0 Å². The molecule has 0 aliphatic heterocycles. The fourth-order valence-corrected chi connectivity index (χ4v) is 1.53. The molecule has 0 heterocycles. The van der Waals surface area contributed by atoms with Crippen molar-refractivity contribution in [3.8, 4) is 0 Å². The van der Waals surface area contributed by atoms with Gasteiger partial charge in [-0.05, 0) is 7.05 Å². The third-order valence-corrected chi connectivity index (χ3v) is 2.89. The maximum absolute atomic E-state index is 5.29. The Kier molecular flexibility index (Phi) is 5.03. The summed E-state index contributed by atoms with van der Waals surface area (Å²) in [4.78, 5) is 2.98. The predicted octanol–water partition coefficient (Wildman–Crippen LogP) is -0.988. The van der Waals surface area contributed by atoms with Crippen LogP contribution in [0.3, 0.4) is 0 Å². The summed E-state index contributed by atoms with van der Waals surface area (Å²) in [5.41, 5.74) is 10.6. The molecule has 0 aliphatic carbocycles. The lowest BCUT2D eigenvalue weighted by Crippen LogP contribution is -2.19. The van der Waals surface area contributed by atoms with Gasteiger partial charge < -0.3 is 4.98 Å². The molecule has 0 amide bonds. The van der Waals surface area contributed by atoms with E-state index in [0.29, 0.717) is 0 Å². The van der Waals surface area contributed by atoms with Crippen LogP contribution in [0, 0.1) is 0 Å². The van der Waals surface area contributed by atoms with Crippen LogP contribution < -0.4 is 16.0 Å². The molecule has 0 aromatic rings. The minimum Gasteiger partial charge on any atom is -0.342 e. The summed E-state index contributed by atoms with van der Waals surface area (Å²) in [6.45, 7) is 0. The van der Waals surface area contributed by atoms with Crippen LogP contribution >= 0.6 is 8.22 Å². The van der Waals surface area contributed by atoms with E-state index in [0.717, 1.165) is 15.5 Å². The lowest BCUT2D eigenvalue weighted by Gasteiger charge is -1.99. The summed E-state index contributed by atoms with van der Waals surface area (Å²) in [6, 6.07) is 0. The molecule has 0 aliphatic rings. The number of nitrogens with one attached hydrogen (secondary N) is 1. The number of hydrogen-bond donors (Lipinski definition) is 3. The zero-order valence-corrected chi connectivity index (χ0v) is 6.20. The van der Waals surface area contributed by atoms with Gasteiger partial charge in [0.05, 0.1) is 0 Å². The number of hydrogen-bond acceptors (Lipinski definition) is 3. The van der Waals surface area contributed by atoms with Gasteiger partial charge in [0.15, 0.2) is 0 Å². The average Bonchev–Trinajstić information content (AvgIpc) is 1.61. The van der Waals surface area contributed by atoms with Crippen LogP contribution in [0.2, 0.25) is 0 Å². The molecule has 42 valence electrons. The van der Waals surface area contributed by atoms with Gasteiger partial charge in [0, 0.05) is 14.0 Å². The van der Waals surface area contributed by atoms with Gasteiger partial charge in [-0.25, -0.2) is 0 Å². The molecule has 0 atom stereocenters. The van der Waals surface area contributed by atoms with Crippen molar-refractivity contribution in [2.45, 2.75) is 0 Å². The molecule has 2 radical (unpaired) electrons. The standard InChI is InChI=1S/C2H10N3PSi/c1-5-7-2-6(3)4/h5H,2-4H2,1H3. The minimum atomic E-state index is -0.657. The normalized spacial score (nSPS) is 10.3. The second-order valence-electron chi connectivity index (χ2n) is 1.10. The maximum Gasteiger partial charge on any atom is 0.146 e. The smallest absolute Gasteiger partial charge is 0.146 e. The third-order valence-electron chi connectivity index (χ3n) is 0.438. The first kappa shape index (κ1) is 7.53. The molecule has 0 aromatic carbocycles. The summed E-state index contributed by atoms with van der Waals surface area (Å²) in [5.74, 6) is 0.936. The van der Waals surface area contributed by atoms with Gasteiger partial charge in [-0.1, -0.05) is 0 Å². The number of rotatable bonds is 3. The molecule has 0 unspecified atom stereocenters. The Labute approximate surface area is 47.6 Å². The summed E-state index contributed by atoms with van der Waals surface area (Å²) >= 11 is 0. The number of nitrogens with two attached hydrogens (primary N) is 2. The highest BCUT2D eigenvalue weighted by molar-refractivity contribution is 7.54. The summed E-state index contributed by atoms with van der Waals surface area (Å²) in [7, 11) is 1.97. The predicted molar refractivity (Wildman–Crippen MR) is 35.0 cm³/mol. The maximum atomic E-state index is 5.29. The van der Waals surface area contributed by atoms with Crippen molar-refractivity contribution in [1.82, 2.24) is 4.98 Å². The summed E-state index contributed by atoms with van der Waals surface area (Å²) < 4.78 is 0. The first-order valence-electron chi connectivity index (χ1n) is 1.94. The second-order valence-corrected chi connectivity index (χ2v) is 4.25. The quantitative estimate of drug-likeness (QED) is 0.344. The van der Waals surface area contributed by atoms with Crippen LogP contribution in [0.5, 0.6) is 0 Å². The van der Waals surface area contributed by atoms with Crippen molar-refractivity contribution in [2.24, 2.45) is 11.0 Å². The van der Waals surface area contributed by atoms with E-state index < -0.39 is 8.22 Å². The van der Waals surface area contributed by atoms with Crippen LogP contribution in [0.15, 0.2) is 0 Å². The largest absolute Gasteiger partial charge is 0.342 e. The van der Waals surface area contributed by atoms with Crippen molar-refractivity contribution in [1.29, 1.82) is 0 Å². The lowest BCUT2D eigenvalue weighted by atomic mass is 11.6. The van der Waals surface area contributed by atoms with Crippen molar-refractivity contribution in [3.05, 3.63) is 0 Å². The molecule has 0 saturated carbocycles. The van der Waals surface area contributed by atoms with E-state index in [-0.39, 0.29) is 0 Å². The Morgan fingerprint density at radius 1 is 1.71 bits per heavy atom. The first-order chi connectivity index (χ1) is 3.27. The van der Waals surface area contributed by atoms with Gasteiger partial charge in [-0.2, -0.15) is 0 Å². The van der Waals surface area contributed by atoms with E-state index in [2.05, 4.69) is 4.98 Å². The average molecular weight is 135 g/mol. The van der Waals surface area contributed by atoms with Gasteiger partial charge >= 0.3 is 0 Å². The zero-order valence-electron chi connectivity index (χ0n) is 4.31. The monoisotopic (exact) mass is 135 g/mol. The van der Waals surface area contributed by atoms with Crippen LogP contribution in [-0.4, -0.2) is 22.5 Å². The highest BCUT2D eigenvalue weighted by Crippen LogP contribution is 2.07. The van der Waals surface area contributed by atoms with Gasteiger partial charge in [-0.3, -0.25) is 11.0 Å². The van der Waals surface area contributed by atoms with E-state index >= 15 is 0 Å². The van der Waals surface area contributed by atoms with E-state index in [1.807, 2.05) is 7.05 Å². The Morgan fingerprint density at radius 3 is 2.43 bits per heavy atom. The highest BCUT2D eigenvalue weighted by Gasteiger charge is 1.90. The van der Waals surface area contributed by atoms with Crippen molar-refractivity contribution >= 4 is 17.9 Å². The van der Waals surface area contributed by atoms with Crippen LogP contribution in [0.1, 0.15) is 0 Å². The molecule has 0 saturated heterocycles. The van der Waals surface area contributed by atoms with Gasteiger partial charge in [0.1, 0.15) is 9.68 Å². The second kappa shape index (κ2) is 4.68. The summed E-state index contributed by atoms with van der Waals surface area (Å²) in [6.07, 6.45) is 0. The fourth-order valence-electron chi connectivity index (χ4n) is 0.170. The molecule has 0 bridgehead atoms.